The third-order valence-electron chi connectivity index (χ3n) is 2.74. The van der Waals surface area contributed by atoms with Crippen LogP contribution in [0, 0.1) is 12.3 Å². The number of anilines is 1. The fourth-order valence-corrected chi connectivity index (χ4v) is 2.93. The number of nitrogens with zero attached hydrogens (tertiary/aromatic N) is 2. The van der Waals surface area contributed by atoms with Crippen molar-refractivity contribution in [3.05, 3.63) is 5.69 Å². The Hall–Kier alpha value is -1.08. The molecule has 0 atom stereocenters. The van der Waals surface area contributed by atoms with Gasteiger partial charge in [0.1, 0.15) is 4.90 Å². The monoisotopic (exact) mass is 274 g/mol. The smallest absolute Gasteiger partial charge is 0.246 e. The second kappa shape index (κ2) is 4.89. The van der Waals surface area contributed by atoms with Crippen LogP contribution in [0.2, 0.25) is 0 Å². The lowest BCUT2D eigenvalue weighted by Gasteiger charge is -2.18. The molecule has 0 saturated heterocycles. The fraction of sp³-hybridized carbons (Fsp3) is 0.727. The third-order valence-corrected chi connectivity index (χ3v) is 4.37. The van der Waals surface area contributed by atoms with Gasteiger partial charge in [-0.05, 0) is 18.8 Å². The van der Waals surface area contributed by atoms with Crippen LogP contribution in [0.1, 0.15) is 32.9 Å². The molecule has 0 amide bonds. The molecule has 0 aliphatic carbocycles. The average Bonchev–Trinajstić information content (AvgIpc) is 2.38. The first-order valence-electron chi connectivity index (χ1n) is 5.83. The van der Waals surface area contributed by atoms with Crippen LogP contribution < -0.4 is 10.5 Å². The van der Waals surface area contributed by atoms with Gasteiger partial charge in [0.2, 0.25) is 10.0 Å². The van der Waals surface area contributed by atoms with Crippen LogP contribution in [0.25, 0.3) is 0 Å². The number of nitrogens with two attached hydrogens (primary N) is 1. The Balaban J connectivity index is 2.88. The van der Waals surface area contributed by atoms with Crippen molar-refractivity contribution in [1.82, 2.24) is 14.5 Å². The second-order valence-electron chi connectivity index (χ2n) is 5.63. The average molecular weight is 274 g/mol. The molecule has 0 unspecified atom stereocenters. The van der Waals surface area contributed by atoms with Crippen LogP contribution in [-0.4, -0.2) is 24.7 Å². The predicted molar refractivity (Wildman–Crippen MR) is 71.6 cm³/mol. The first-order valence-corrected chi connectivity index (χ1v) is 7.31. The summed E-state index contributed by atoms with van der Waals surface area (Å²) in [4.78, 5) is 0.0823. The first kappa shape index (κ1) is 15.0. The maximum Gasteiger partial charge on any atom is 0.246 e. The first-order chi connectivity index (χ1) is 8.04. The molecule has 104 valence electrons. The molecule has 3 N–H and O–H groups in total. The minimum Gasteiger partial charge on any atom is -0.381 e. The van der Waals surface area contributed by atoms with Gasteiger partial charge in [-0.2, -0.15) is 5.10 Å². The number of aryl methyl sites for hydroxylation is 1. The van der Waals surface area contributed by atoms with E-state index in [2.05, 4.69) is 30.6 Å². The van der Waals surface area contributed by atoms with E-state index in [1.54, 1.807) is 14.0 Å². The summed E-state index contributed by atoms with van der Waals surface area (Å²) in [5.74, 6) is 0.0401. The Morgan fingerprint density at radius 3 is 2.33 bits per heavy atom. The quantitative estimate of drug-likeness (QED) is 0.858. The van der Waals surface area contributed by atoms with E-state index in [9.17, 15) is 8.42 Å². The predicted octanol–water partition coefficient (Wildman–Crippen LogP) is 1.03. The largest absolute Gasteiger partial charge is 0.381 e. The molecule has 18 heavy (non-hydrogen) atoms. The zero-order valence-corrected chi connectivity index (χ0v) is 12.4. The molecule has 1 rings (SSSR count). The van der Waals surface area contributed by atoms with Gasteiger partial charge in [-0.25, -0.2) is 13.1 Å². The highest BCUT2D eigenvalue weighted by atomic mass is 32.2. The van der Waals surface area contributed by atoms with Crippen LogP contribution in [0.15, 0.2) is 4.90 Å². The second-order valence-corrected chi connectivity index (χ2v) is 7.34. The molecule has 0 aromatic carbocycles. The number of rotatable bonds is 4. The van der Waals surface area contributed by atoms with E-state index in [4.69, 9.17) is 5.73 Å². The summed E-state index contributed by atoms with van der Waals surface area (Å²) in [6, 6.07) is 0. The Kier molecular flexibility index (Phi) is 4.07. The molecule has 0 radical (unpaired) electrons. The standard InChI is InChI=1S/C11H22N4O2S/c1-8-9(10(12)14-15(8)5)18(16,17)13-7-6-11(2,3)4/h13H,6-7H2,1-5H3,(H2,12,14). The Morgan fingerprint density at radius 1 is 1.39 bits per heavy atom. The Labute approximate surface area is 109 Å². The van der Waals surface area contributed by atoms with Crippen LogP contribution >= 0.6 is 0 Å². The molecule has 6 nitrogen and oxygen atoms in total. The van der Waals surface area contributed by atoms with Gasteiger partial charge in [-0.1, -0.05) is 20.8 Å². The molecule has 1 aromatic rings. The van der Waals surface area contributed by atoms with Gasteiger partial charge < -0.3 is 5.73 Å². The summed E-state index contributed by atoms with van der Waals surface area (Å²) in [5.41, 5.74) is 6.25. The maximum atomic E-state index is 12.1. The lowest BCUT2D eigenvalue weighted by atomic mass is 9.93. The van der Waals surface area contributed by atoms with E-state index in [1.165, 1.54) is 4.68 Å². The molecular weight excluding hydrogens is 252 g/mol. The number of hydrogen-bond donors (Lipinski definition) is 2. The van der Waals surface area contributed by atoms with Gasteiger partial charge in [0.15, 0.2) is 5.82 Å². The molecule has 0 fully saturated rings. The highest BCUT2D eigenvalue weighted by molar-refractivity contribution is 7.89. The third kappa shape index (κ3) is 3.46. The van der Waals surface area contributed by atoms with Crippen molar-refractivity contribution >= 4 is 15.8 Å². The molecule has 0 bridgehead atoms. The topological polar surface area (TPSA) is 90.0 Å². The van der Waals surface area contributed by atoms with E-state index in [0.29, 0.717) is 12.2 Å². The van der Waals surface area contributed by atoms with E-state index >= 15 is 0 Å². The Morgan fingerprint density at radius 2 is 1.94 bits per heavy atom. The molecule has 0 aliphatic rings. The minimum absolute atomic E-state index is 0.0401. The van der Waals surface area contributed by atoms with E-state index in [1.807, 2.05) is 0 Å². The van der Waals surface area contributed by atoms with Crippen molar-refractivity contribution in [3.8, 4) is 0 Å². The SMILES string of the molecule is Cc1c(S(=O)(=O)NCCC(C)(C)C)c(N)nn1C. The summed E-state index contributed by atoms with van der Waals surface area (Å²) in [6.07, 6.45) is 0.755. The number of hydrogen-bond acceptors (Lipinski definition) is 4. The molecule has 0 spiro atoms. The molecule has 0 aliphatic heterocycles. The lowest BCUT2D eigenvalue weighted by Crippen LogP contribution is -2.28. The summed E-state index contributed by atoms with van der Waals surface area (Å²) in [6.45, 7) is 8.25. The van der Waals surface area contributed by atoms with Crippen LogP contribution in [0.3, 0.4) is 0 Å². The van der Waals surface area contributed by atoms with Gasteiger partial charge in [-0.3, -0.25) is 4.68 Å². The zero-order chi connectivity index (χ0) is 14.1. The zero-order valence-electron chi connectivity index (χ0n) is 11.6. The van der Waals surface area contributed by atoms with Crippen LogP contribution in [0.4, 0.5) is 5.82 Å². The number of aromatic nitrogens is 2. The molecule has 7 heteroatoms. The van der Waals surface area contributed by atoms with E-state index in [-0.39, 0.29) is 16.1 Å². The summed E-state index contributed by atoms with van der Waals surface area (Å²) >= 11 is 0. The van der Waals surface area contributed by atoms with Gasteiger partial charge in [0.25, 0.3) is 0 Å². The van der Waals surface area contributed by atoms with Crippen LogP contribution in [0.5, 0.6) is 0 Å². The molecule has 0 saturated carbocycles. The summed E-state index contributed by atoms with van der Waals surface area (Å²) in [7, 11) is -1.92. The summed E-state index contributed by atoms with van der Waals surface area (Å²) < 4.78 is 28.3. The number of nitrogen functional groups attached to an aromatic ring is 1. The highest BCUT2D eigenvalue weighted by Gasteiger charge is 2.24. The van der Waals surface area contributed by atoms with Crippen molar-refractivity contribution in [2.45, 2.75) is 39.0 Å². The van der Waals surface area contributed by atoms with Gasteiger partial charge in [0, 0.05) is 13.6 Å². The maximum absolute atomic E-state index is 12.1. The lowest BCUT2D eigenvalue weighted by molar-refractivity contribution is 0.378. The van der Waals surface area contributed by atoms with Crippen molar-refractivity contribution < 1.29 is 8.42 Å². The van der Waals surface area contributed by atoms with Gasteiger partial charge >= 0.3 is 0 Å². The fourth-order valence-electron chi connectivity index (χ4n) is 1.58. The molecule has 1 aromatic heterocycles. The van der Waals surface area contributed by atoms with Crippen molar-refractivity contribution in [2.75, 3.05) is 12.3 Å². The van der Waals surface area contributed by atoms with Gasteiger partial charge in [-0.15, -0.1) is 0 Å². The van der Waals surface area contributed by atoms with E-state index < -0.39 is 10.0 Å². The van der Waals surface area contributed by atoms with Crippen molar-refractivity contribution in [2.24, 2.45) is 12.5 Å². The normalized spacial score (nSPS) is 12.9. The number of nitrogens with one attached hydrogen (secondary N) is 1. The molecular formula is C11H22N4O2S. The van der Waals surface area contributed by atoms with Crippen molar-refractivity contribution in [3.63, 3.8) is 0 Å². The van der Waals surface area contributed by atoms with Crippen LogP contribution in [-0.2, 0) is 17.1 Å². The van der Waals surface area contributed by atoms with E-state index in [0.717, 1.165) is 6.42 Å². The highest BCUT2D eigenvalue weighted by Crippen LogP contribution is 2.22. The molecule has 1 heterocycles. The summed E-state index contributed by atoms with van der Waals surface area (Å²) in [5, 5.41) is 3.91. The van der Waals surface area contributed by atoms with Crippen molar-refractivity contribution in [1.29, 1.82) is 0 Å². The minimum atomic E-state index is -3.58. The Bertz CT molecular complexity index is 526. The van der Waals surface area contributed by atoms with Gasteiger partial charge in [0.05, 0.1) is 5.69 Å². The number of sulfonamides is 1.